The van der Waals surface area contributed by atoms with Crippen molar-refractivity contribution < 1.29 is 8.42 Å². The zero-order chi connectivity index (χ0) is 12.6. The van der Waals surface area contributed by atoms with Crippen LogP contribution in [0, 0.1) is 0 Å². The average molecular weight is 248 g/mol. The lowest BCUT2D eigenvalue weighted by atomic mass is 10.4. The van der Waals surface area contributed by atoms with Crippen LogP contribution in [0.5, 0.6) is 0 Å². The van der Waals surface area contributed by atoms with E-state index in [2.05, 4.69) is 11.9 Å². The largest absolute Gasteiger partial charge is 0.317 e. The Morgan fingerprint density at radius 2 is 2.06 bits per heavy atom. The van der Waals surface area contributed by atoms with Gasteiger partial charge < -0.3 is 5.32 Å². The van der Waals surface area contributed by atoms with Crippen LogP contribution >= 0.6 is 0 Å². The Hall–Kier alpha value is -0.390. The van der Waals surface area contributed by atoms with Crippen molar-refractivity contribution >= 4 is 10.0 Å². The van der Waals surface area contributed by atoms with E-state index >= 15 is 0 Å². The second-order valence-electron chi connectivity index (χ2n) is 3.98. The topological polar surface area (TPSA) is 49.4 Å². The first kappa shape index (κ1) is 15.6. The van der Waals surface area contributed by atoms with Gasteiger partial charge in [0.05, 0.1) is 5.75 Å². The molecule has 0 amide bonds. The van der Waals surface area contributed by atoms with Gasteiger partial charge in [-0.2, -0.15) is 4.31 Å². The van der Waals surface area contributed by atoms with Crippen LogP contribution in [0.25, 0.3) is 0 Å². The predicted molar refractivity (Wildman–Crippen MR) is 69.0 cm³/mol. The lowest BCUT2D eigenvalue weighted by Crippen LogP contribution is -2.39. The number of nitrogens with one attached hydrogen (secondary N) is 1. The molecule has 0 bridgehead atoms. The molecule has 0 radical (unpaired) electrons. The molecule has 0 unspecified atom stereocenters. The van der Waals surface area contributed by atoms with Gasteiger partial charge in [-0.05, 0) is 33.4 Å². The van der Waals surface area contributed by atoms with Crippen molar-refractivity contribution in [1.82, 2.24) is 9.62 Å². The van der Waals surface area contributed by atoms with Crippen molar-refractivity contribution in [3.63, 3.8) is 0 Å². The first-order valence-electron chi connectivity index (χ1n) is 5.76. The summed E-state index contributed by atoms with van der Waals surface area (Å²) in [5, 5.41) is 3.12. The molecule has 0 aliphatic carbocycles. The summed E-state index contributed by atoms with van der Waals surface area (Å²) in [5.74, 6) is 0.200. The predicted octanol–water partition coefficient (Wildman–Crippen LogP) is 1.21. The van der Waals surface area contributed by atoms with Crippen LogP contribution in [0.1, 0.15) is 27.2 Å². The van der Waals surface area contributed by atoms with Crippen LogP contribution in [0.15, 0.2) is 12.7 Å². The average Bonchev–Trinajstić information content (AvgIpc) is 2.20. The monoisotopic (exact) mass is 248 g/mol. The highest BCUT2D eigenvalue weighted by Crippen LogP contribution is 2.08. The summed E-state index contributed by atoms with van der Waals surface area (Å²) in [6.07, 6.45) is 2.28. The smallest absolute Gasteiger partial charge is 0.214 e. The zero-order valence-corrected chi connectivity index (χ0v) is 11.4. The fraction of sp³-hybridized carbons (Fsp3) is 0.818. The minimum Gasteiger partial charge on any atom is -0.317 e. The molecule has 0 spiro atoms. The van der Waals surface area contributed by atoms with Crippen molar-refractivity contribution in [1.29, 1.82) is 0 Å². The molecule has 16 heavy (non-hydrogen) atoms. The SMILES string of the molecule is C=CCN(C(C)C)S(=O)(=O)CCCNCC. The fourth-order valence-corrected chi connectivity index (χ4v) is 3.17. The van der Waals surface area contributed by atoms with E-state index in [1.165, 1.54) is 4.31 Å². The second kappa shape index (κ2) is 7.81. The molecule has 0 aliphatic rings. The van der Waals surface area contributed by atoms with Crippen LogP contribution in [0.4, 0.5) is 0 Å². The van der Waals surface area contributed by atoms with Crippen LogP contribution in [-0.4, -0.2) is 44.2 Å². The number of hydrogen-bond acceptors (Lipinski definition) is 3. The second-order valence-corrected chi connectivity index (χ2v) is 6.02. The number of rotatable bonds is 9. The lowest BCUT2D eigenvalue weighted by molar-refractivity contribution is 0.382. The Bertz CT molecular complexity index is 286. The van der Waals surface area contributed by atoms with E-state index in [-0.39, 0.29) is 11.8 Å². The van der Waals surface area contributed by atoms with E-state index in [9.17, 15) is 8.42 Å². The Morgan fingerprint density at radius 3 is 2.50 bits per heavy atom. The van der Waals surface area contributed by atoms with Crippen LogP contribution in [-0.2, 0) is 10.0 Å². The van der Waals surface area contributed by atoms with Gasteiger partial charge in [0.25, 0.3) is 0 Å². The van der Waals surface area contributed by atoms with E-state index in [1.807, 2.05) is 20.8 Å². The zero-order valence-electron chi connectivity index (χ0n) is 10.6. The minimum atomic E-state index is -3.14. The van der Waals surface area contributed by atoms with Crippen LogP contribution < -0.4 is 5.32 Å². The molecule has 0 aromatic rings. The molecule has 0 heterocycles. The van der Waals surface area contributed by atoms with Gasteiger partial charge in [0.2, 0.25) is 10.0 Å². The molecular weight excluding hydrogens is 224 g/mol. The first-order chi connectivity index (χ1) is 7.45. The third-order valence-corrected chi connectivity index (χ3v) is 4.34. The van der Waals surface area contributed by atoms with Crippen molar-refractivity contribution in [2.75, 3.05) is 25.4 Å². The molecule has 0 saturated heterocycles. The molecule has 96 valence electrons. The Labute approximate surface area is 99.8 Å². The van der Waals surface area contributed by atoms with E-state index in [0.29, 0.717) is 13.0 Å². The summed E-state index contributed by atoms with van der Waals surface area (Å²) in [7, 11) is -3.14. The maximum atomic E-state index is 12.0. The van der Waals surface area contributed by atoms with Gasteiger partial charge in [0, 0.05) is 12.6 Å². The minimum absolute atomic E-state index is 0.0119. The van der Waals surface area contributed by atoms with Crippen molar-refractivity contribution in [3.8, 4) is 0 Å². The van der Waals surface area contributed by atoms with Gasteiger partial charge in [0.1, 0.15) is 0 Å². The molecule has 0 atom stereocenters. The molecular formula is C11H24N2O2S. The summed E-state index contributed by atoms with van der Waals surface area (Å²) < 4.78 is 25.4. The molecule has 5 heteroatoms. The molecule has 0 rings (SSSR count). The highest BCUT2D eigenvalue weighted by Gasteiger charge is 2.22. The molecule has 0 aromatic heterocycles. The highest BCUT2D eigenvalue weighted by atomic mass is 32.2. The summed E-state index contributed by atoms with van der Waals surface area (Å²) in [6.45, 7) is 11.4. The van der Waals surface area contributed by atoms with Gasteiger partial charge in [0.15, 0.2) is 0 Å². The van der Waals surface area contributed by atoms with Crippen molar-refractivity contribution in [2.24, 2.45) is 0 Å². The van der Waals surface area contributed by atoms with Gasteiger partial charge in [-0.1, -0.05) is 13.0 Å². The van der Waals surface area contributed by atoms with Crippen molar-refractivity contribution in [2.45, 2.75) is 33.2 Å². The van der Waals surface area contributed by atoms with Crippen molar-refractivity contribution in [3.05, 3.63) is 12.7 Å². The summed E-state index contributed by atoms with van der Waals surface area (Å²) in [5.41, 5.74) is 0. The Balaban J connectivity index is 4.31. The maximum Gasteiger partial charge on any atom is 0.214 e. The summed E-state index contributed by atoms with van der Waals surface area (Å²) in [4.78, 5) is 0. The number of hydrogen-bond donors (Lipinski definition) is 1. The summed E-state index contributed by atoms with van der Waals surface area (Å²) in [6, 6.07) is -0.0119. The Morgan fingerprint density at radius 1 is 1.44 bits per heavy atom. The lowest BCUT2D eigenvalue weighted by Gasteiger charge is -2.24. The third kappa shape index (κ3) is 5.63. The van der Waals surface area contributed by atoms with Gasteiger partial charge in [-0.15, -0.1) is 6.58 Å². The highest BCUT2D eigenvalue weighted by molar-refractivity contribution is 7.89. The molecule has 1 N–H and O–H groups in total. The van der Waals surface area contributed by atoms with Gasteiger partial charge >= 0.3 is 0 Å². The van der Waals surface area contributed by atoms with Crippen LogP contribution in [0.3, 0.4) is 0 Å². The quantitative estimate of drug-likeness (QED) is 0.493. The fourth-order valence-electron chi connectivity index (χ4n) is 1.45. The summed E-state index contributed by atoms with van der Waals surface area (Å²) >= 11 is 0. The van der Waals surface area contributed by atoms with Gasteiger partial charge in [-0.3, -0.25) is 0 Å². The van der Waals surface area contributed by atoms with E-state index in [0.717, 1.165) is 13.1 Å². The van der Waals surface area contributed by atoms with Crippen LogP contribution in [0.2, 0.25) is 0 Å². The molecule has 0 aromatic carbocycles. The molecule has 0 fully saturated rings. The molecule has 4 nitrogen and oxygen atoms in total. The van der Waals surface area contributed by atoms with Gasteiger partial charge in [-0.25, -0.2) is 8.42 Å². The Kier molecular flexibility index (Phi) is 7.62. The van der Waals surface area contributed by atoms with E-state index < -0.39 is 10.0 Å². The molecule has 0 saturated carbocycles. The first-order valence-corrected chi connectivity index (χ1v) is 7.37. The molecule has 0 aliphatic heterocycles. The number of sulfonamides is 1. The maximum absolute atomic E-state index is 12.0. The standard InChI is InChI=1S/C11H24N2O2S/c1-5-9-13(11(3)4)16(14,15)10-7-8-12-6-2/h5,11-12H,1,6-10H2,2-4H3. The van der Waals surface area contributed by atoms with E-state index in [4.69, 9.17) is 0 Å². The van der Waals surface area contributed by atoms with E-state index in [1.54, 1.807) is 6.08 Å². The third-order valence-electron chi connectivity index (χ3n) is 2.25. The number of nitrogens with zero attached hydrogens (tertiary/aromatic N) is 1. The normalized spacial score (nSPS) is 12.3.